The van der Waals surface area contributed by atoms with Crippen molar-refractivity contribution in [2.75, 3.05) is 7.05 Å². The highest BCUT2D eigenvalue weighted by atomic mass is 15.0. The smallest absolute Gasteiger partial charge is 0.0525 e. The SMILES string of the molecule is C=CCCn1ccc2cccc(CNC)c21. The topological polar surface area (TPSA) is 17.0 Å². The largest absolute Gasteiger partial charge is 0.347 e. The molecule has 0 spiro atoms. The zero-order chi connectivity index (χ0) is 11.4. The van der Waals surface area contributed by atoms with E-state index in [1.165, 1.54) is 16.5 Å². The van der Waals surface area contributed by atoms with Crippen molar-refractivity contribution in [3.05, 3.63) is 48.7 Å². The van der Waals surface area contributed by atoms with E-state index >= 15 is 0 Å². The number of rotatable bonds is 5. The molecular formula is C14H18N2. The Kier molecular flexibility index (Phi) is 3.42. The second kappa shape index (κ2) is 4.99. The van der Waals surface area contributed by atoms with Crippen molar-refractivity contribution >= 4 is 10.9 Å². The third kappa shape index (κ3) is 2.02. The average Bonchev–Trinajstić information content (AvgIpc) is 2.71. The van der Waals surface area contributed by atoms with Crippen LogP contribution in [0.2, 0.25) is 0 Å². The number of aromatic nitrogens is 1. The number of fused-ring (bicyclic) bond motifs is 1. The molecule has 16 heavy (non-hydrogen) atoms. The standard InChI is InChI=1S/C14H18N2/c1-3-4-9-16-10-8-12-6-5-7-13(11-15-2)14(12)16/h3,5-8,10,15H,1,4,9,11H2,2H3. The first kappa shape index (κ1) is 11.0. The van der Waals surface area contributed by atoms with Gasteiger partial charge < -0.3 is 9.88 Å². The van der Waals surface area contributed by atoms with Gasteiger partial charge in [-0.1, -0.05) is 24.3 Å². The second-order valence-electron chi connectivity index (χ2n) is 3.97. The first-order valence-electron chi connectivity index (χ1n) is 5.69. The van der Waals surface area contributed by atoms with Gasteiger partial charge in [-0.2, -0.15) is 0 Å². The maximum Gasteiger partial charge on any atom is 0.0525 e. The average molecular weight is 214 g/mol. The molecule has 0 fully saturated rings. The molecule has 0 amide bonds. The van der Waals surface area contributed by atoms with Gasteiger partial charge in [0.1, 0.15) is 0 Å². The number of nitrogens with zero attached hydrogens (tertiary/aromatic N) is 1. The van der Waals surface area contributed by atoms with E-state index in [1.807, 2.05) is 13.1 Å². The summed E-state index contributed by atoms with van der Waals surface area (Å²) in [6.07, 6.45) is 5.14. The van der Waals surface area contributed by atoms with Gasteiger partial charge in [0, 0.05) is 19.3 Å². The Balaban J connectivity index is 2.45. The molecule has 1 aromatic heterocycles. The summed E-state index contributed by atoms with van der Waals surface area (Å²) >= 11 is 0. The molecule has 0 bridgehead atoms. The predicted molar refractivity (Wildman–Crippen MR) is 69.5 cm³/mol. The van der Waals surface area contributed by atoms with E-state index in [1.54, 1.807) is 0 Å². The van der Waals surface area contributed by atoms with Gasteiger partial charge in [0.2, 0.25) is 0 Å². The second-order valence-corrected chi connectivity index (χ2v) is 3.97. The van der Waals surface area contributed by atoms with Gasteiger partial charge in [-0.15, -0.1) is 6.58 Å². The lowest BCUT2D eigenvalue weighted by atomic mass is 10.1. The highest BCUT2D eigenvalue weighted by molar-refractivity contribution is 5.83. The number of hydrogen-bond donors (Lipinski definition) is 1. The maximum absolute atomic E-state index is 3.77. The summed E-state index contributed by atoms with van der Waals surface area (Å²) in [4.78, 5) is 0. The van der Waals surface area contributed by atoms with Crippen molar-refractivity contribution in [1.82, 2.24) is 9.88 Å². The molecule has 0 aliphatic carbocycles. The molecule has 84 valence electrons. The van der Waals surface area contributed by atoms with Crippen LogP contribution in [-0.2, 0) is 13.1 Å². The molecule has 2 heteroatoms. The third-order valence-electron chi connectivity index (χ3n) is 2.81. The molecule has 2 aromatic rings. The van der Waals surface area contributed by atoms with Gasteiger partial charge in [-0.25, -0.2) is 0 Å². The molecule has 2 rings (SSSR count). The number of aryl methyl sites for hydroxylation is 1. The fraction of sp³-hybridized carbons (Fsp3) is 0.286. The molecule has 2 nitrogen and oxygen atoms in total. The fourth-order valence-electron chi connectivity index (χ4n) is 2.09. The fourth-order valence-corrected chi connectivity index (χ4v) is 2.09. The van der Waals surface area contributed by atoms with Crippen LogP contribution in [0, 0.1) is 0 Å². The number of nitrogens with one attached hydrogen (secondary N) is 1. The van der Waals surface area contributed by atoms with Crippen LogP contribution in [0.15, 0.2) is 43.1 Å². The monoisotopic (exact) mass is 214 g/mol. The quantitative estimate of drug-likeness (QED) is 0.757. The van der Waals surface area contributed by atoms with E-state index in [0.717, 1.165) is 19.5 Å². The van der Waals surface area contributed by atoms with Crippen LogP contribution >= 0.6 is 0 Å². The van der Waals surface area contributed by atoms with Gasteiger partial charge in [0.15, 0.2) is 0 Å². The van der Waals surface area contributed by atoms with Crippen molar-refractivity contribution in [1.29, 1.82) is 0 Å². The van der Waals surface area contributed by atoms with Gasteiger partial charge in [-0.05, 0) is 30.5 Å². The van der Waals surface area contributed by atoms with E-state index < -0.39 is 0 Å². The van der Waals surface area contributed by atoms with E-state index in [0.29, 0.717) is 0 Å². The Morgan fingerprint density at radius 2 is 2.25 bits per heavy atom. The van der Waals surface area contributed by atoms with Crippen molar-refractivity contribution in [2.24, 2.45) is 0 Å². The highest BCUT2D eigenvalue weighted by Crippen LogP contribution is 2.20. The van der Waals surface area contributed by atoms with E-state index in [-0.39, 0.29) is 0 Å². The lowest BCUT2D eigenvalue weighted by Gasteiger charge is -2.08. The molecule has 0 saturated carbocycles. The molecule has 0 unspecified atom stereocenters. The van der Waals surface area contributed by atoms with Crippen LogP contribution in [-0.4, -0.2) is 11.6 Å². The van der Waals surface area contributed by atoms with Crippen LogP contribution in [0.4, 0.5) is 0 Å². The summed E-state index contributed by atoms with van der Waals surface area (Å²) < 4.78 is 2.31. The minimum absolute atomic E-state index is 0.912. The molecule has 0 saturated heterocycles. The molecule has 0 aliphatic heterocycles. The Hall–Kier alpha value is -1.54. The molecule has 0 atom stereocenters. The number of hydrogen-bond acceptors (Lipinski definition) is 1. The Bertz CT molecular complexity index is 482. The van der Waals surface area contributed by atoms with Crippen LogP contribution < -0.4 is 5.32 Å². The Labute approximate surface area is 96.6 Å². The maximum atomic E-state index is 3.77. The Morgan fingerprint density at radius 3 is 3.00 bits per heavy atom. The van der Waals surface area contributed by atoms with Crippen molar-refractivity contribution in [2.45, 2.75) is 19.5 Å². The van der Waals surface area contributed by atoms with Crippen molar-refractivity contribution in [3.8, 4) is 0 Å². The van der Waals surface area contributed by atoms with Gasteiger partial charge in [0.25, 0.3) is 0 Å². The molecule has 1 N–H and O–H groups in total. The van der Waals surface area contributed by atoms with Crippen LogP contribution in [0.3, 0.4) is 0 Å². The third-order valence-corrected chi connectivity index (χ3v) is 2.81. The number of para-hydroxylation sites is 1. The van der Waals surface area contributed by atoms with Crippen LogP contribution in [0.25, 0.3) is 10.9 Å². The van der Waals surface area contributed by atoms with Crippen LogP contribution in [0.5, 0.6) is 0 Å². The van der Waals surface area contributed by atoms with E-state index in [2.05, 4.69) is 46.9 Å². The zero-order valence-corrected chi connectivity index (χ0v) is 9.74. The van der Waals surface area contributed by atoms with Crippen LogP contribution in [0.1, 0.15) is 12.0 Å². The molecule has 1 heterocycles. The summed E-state index contributed by atoms with van der Waals surface area (Å²) in [5.41, 5.74) is 2.70. The Morgan fingerprint density at radius 1 is 1.38 bits per heavy atom. The number of allylic oxidation sites excluding steroid dienone is 1. The van der Waals surface area contributed by atoms with Gasteiger partial charge in [0.05, 0.1) is 5.52 Å². The summed E-state index contributed by atoms with van der Waals surface area (Å²) in [5, 5.41) is 4.53. The lowest BCUT2D eigenvalue weighted by Crippen LogP contribution is -2.07. The first-order valence-corrected chi connectivity index (χ1v) is 5.69. The van der Waals surface area contributed by atoms with E-state index in [9.17, 15) is 0 Å². The molecular weight excluding hydrogens is 196 g/mol. The summed E-state index contributed by atoms with van der Waals surface area (Å²) in [6.45, 7) is 5.69. The number of benzene rings is 1. The minimum atomic E-state index is 0.912. The van der Waals surface area contributed by atoms with Crippen molar-refractivity contribution in [3.63, 3.8) is 0 Å². The lowest BCUT2D eigenvalue weighted by molar-refractivity contribution is 0.730. The van der Waals surface area contributed by atoms with Gasteiger partial charge in [-0.3, -0.25) is 0 Å². The summed E-state index contributed by atoms with van der Waals surface area (Å²) in [7, 11) is 1.98. The molecule has 0 aliphatic rings. The first-order chi connectivity index (χ1) is 7.86. The summed E-state index contributed by atoms with van der Waals surface area (Å²) in [5.74, 6) is 0. The van der Waals surface area contributed by atoms with E-state index in [4.69, 9.17) is 0 Å². The highest BCUT2D eigenvalue weighted by Gasteiger charge is 2.04. The summed E-state index contributed by atoms with van der Waals surface area (Å²) in [6, 6.07) is 8.65. The zero-order valence-electron chi connectivity index (χ0n) is 9.74. The minimum Gasteiger partial charge on any atom is -0.347 e. The predicted octanol–water partition coefficient (Wildman–Crippen LogP) is 2.94. The normalized spacial score (nSPS) is 10.8. The van der Waals surface area contributed by atoms with Gasteiger partial charge >= 0.3 is 0 Å². The van der Waals surface area contributed by atoms with Crippen molar-refractivity contribution < 1.29 is 0 Å². The molecule has 0 radical (unpaired) electrons. The molecule has 1 aromatic carbocycles.